The molecule has 3 aromatic rings. The molecular formula is C16H16N6O3. The third-order valence-electron chi connectivity index (χ3n) is 4.12. The molecule has 1 fully saturated rings. The largest absolute Gasteiger partial charge is 0.348 e. The van der Waals surface area contributed by atoms with Gasteiger partial charge in [-0.1, -0.05) is 12.1 Å². The Balaban J connectivity index is 1.42. The molecule has 0 aliphatic heterocycles. The molecule has 0 spiro atoms. The first-order chi connectivity index (χ1) is 12.1. The first-order valence-electron chi connectivity index (χ1n) is 7.94. The highest BCUT2D eigenvalue weighted by molar-refractivity contribution is 5.91. The van der Waals surface area contributed by atoms with E-state index in [-0.39, 0.29) is 12.3 Å². The van der Waals surface area contributed by atoms with E-state index in [4.69, 9.17) is 0 Å². The number of carbonyl (C=O) groups excluding carboxylic acids is 1. The Hall–Kier alpha value is -3.36. The maximum atomic E-state index is 12.1. The van der Waals surface area contributed by atoms with Gasteiger partial charge in [0, 0.05) is 17.7 Å². The normalized spacial score (nSPS) is 13.8. The number of hydrogen-bond donors (Lipinski definition) is 4. The van der Waals surface area contributed by atoms with Gasteiger partial charge in [-0.25, -0.2) is 24.4 Å². The van der Waals surface area contributed by atoms with E-state index in [0.717, 1.165) is 28.7 Å². The molecule has 4 rings (SSSR count). The van der Waals surface area contributed by atoms with Gasteiger partial charge in [0.25, 0.3) is 0 Å². The molecule has 2 aromatic heterocycles. The van der Waals surface area contributed by atoms with E-state index in [1.54, 1.807) is 24.3 Å². The maximum Gasteiger partial charge on any atom is 0.348 e. The van der Waals surface area contributed by atoms with Crippen molar-refractivity contribution in [1.29, 1.82) is 0 Å². The first-order valence-corrected chi connectivity index (χ1v) is 7.94. The van der Waals surface area contributed by atoms with Gasteiger partial charge in [0.15, 0.2) is 5.82 Å². The number of aromatic nitrogens is 5. The van der Waals surface area contributed by atoms with Crippen LogP contribution in [0.2, 0.25) is 0 Å². The van der Waals surface area contributed by atoms with Crippen molar-refractivity contribution >= 4 is 11.7 Å². The minimum atomic E-state index is -0.541. The molecule has 128 valence electrons. The van der Waals surface area contributed by atoms with Gasteiger partial charge in [0.1, 0.15) is 0 Å². The smallest absolute Gasteiger partial charge is 0.309 e. The van der Waals surface area contributed by atoms with Crippen molar-refractivity contribution in [3.63, 3.8) is 0 Å². The number of rotatable bonds is 5. The predicted molar refractivity (Wildman–Crippen MR) is 89.9 cm³/mol. The molecule has 9 heteroatoms. The highest BCUT2D eigenvalue weighted by Crippen LogP contribution is 2.39. The van der Waals surface area contributed by atoms with Crippen molar-refractivity contribution < 1.29 is 4.79 Å². The lowest BCUT2D eigenvalue weighted by atomic mass is 10.1. The van der Waals surface area contributed by atoms with E-state index in [1.807, 2.05) is 6.07 Å². The molecule has 25 heavy (non-hydrogen) atoms. The number of aromatic amines is 3. The molecule has 0 unspecified atom stereocenters. The minimum Gasteiger partial charge on any atom is -0.309 e. The Kier molecular flexibility index (Phi) is 3.60. The number of H-pyrrole nitrogens is 3. The third-order valence-corrected chi connectivity index (χ3v) is 4.12. The van der Waals surface area contributed by atoms with Crippen LogP contribution in [0.15, 0.2) is 39.9 Å². The molecule has 0 saturated heterocycles. The summed E-state index contributed by atoms with van der Waals surface area (Å²) in [6.07, 6.45) is 2.49. The fourth-order valence-electron chi connectivity index (χ4n) is 2.68. The quantitative estimate of drug-likeness (QED) is 0.543. The Bertz CT molecular complexity index is 992. The lowest BCUT2D eigenvalue weighted by Gasteiger charge is -2.04. The van der Waals surface area contributed by atoms with Gasteiger partial charge in [-0.3, -0.25) is 9.89 Å². The molecular weight excluding hydrogens is 324 g/mol. The molecule has 1 aliphatic carbocycles. The van der Waals surface area contributed by atoms with Gasteiger partial charge in [-0.15, -0.1) is 0 Å². The summed E-state index contributed by atoms with van der Waals surface area (Å²) >= 11 is 0. The second-order valence-electron chi connectivity index (χ2n) is 6.07. The Labute approximate surface area is 141 Å². The molecule has 1 saturated carbocycles. The summed E-state index contributed by atoms with van der Waals surface area (Å²) in [5.41, 5.74) is 1.17. The Morgan fingerprint density at radius 2 is 1.84 bits per heavy atom. The van der Waals surface area contributed by atoms with Crippen molar-refractivity contribution in [2.75, 3.05) is 5.32 Å². The van der Waals surface area contributed by atoms with Crippen LogP contribution in [0.5, 0.6) is 0 Å². The van der Waals surface area contributed by atoms with Gasteiger partial charge >= 0.3 is 11.4 Å². The summed E-state index contributed by atoms with van der Waals surface area (Å²) < 4.78 is 0.979. The average molecular weight is 340 g/mol. The lowest BCUT2D eigenvalue weighted by molar-refractivity contribution is -0.115. The van der Waals surface area contributed by atoms with Crippen molar-refractivity contribution in [3.8, 4) is 5.69 Å². The van der Waals surface area contributed by atoms with E-state index < -0.39 is 11.4 Å². The van der Waals surface area contributed by atoms with Crippen molar-refractivity contribution in [1.82, 2.24) is 25.0 Å². The van der Waals surface area contributed by atoms with Gasteiger partial charge < -0.3 is 5.32 Å². The van der Waals surface area contributed by atoms with Crippen LogP contribution in [0.4, 0.5) is 5.82 Å². The molecule has 0 atom stereocenters. The van der Waals surface area contributed by atoms with Crippen LogP contribution < -0.4 is 16.7 Å². The average Bonchev–Trinajstić information content (AvgIpc) is 3.25. The van der Waals surface area contributed by atoms with E-state index >= 15 is 0 Å². The molecule has 1 amide bonds. The number of hydrogen-bond acceptors (Lipinski definition) is 4. The van der Waals surface area contributed by atoms with Crippen LogP contribution in [0.3, 0.4) is 0 Å². The molecule has 1 aliphatic rings. The third kappa shape index (κ3) is 3.16. The number of carbonyl (C=O) groups is 1. The monoisotopic (exact) mass is 340 g/mol. The van der Waals surface area contributed by atoms with Gasteiger partial charge in [-0.2, -0.15) is 5.10 Å². The van der Waals surface area contributed by atoms with E-state index in [2.05, 4.69) is 25.7 Å². The lowest BCUT2D eigenvalue weighted by Crippen LogP contribution is -2.24. The summed E-state index contributed by atoms with van der Waals surface area (Å²) in [5.74, 6) is 0.887. The van der Waals surface area contributed by atoms with Crippen molar-refractivity contribution in [2.45, 2.75) is 25.2 Å². The highest BCUT2D eigenvalue weighted by Gasteiger charge is 2.25. The Morgan fingerprint density at radius 1 is 1.16 bits per heavy atom. The van der Waals surface area contributed by atoms with Gasteiger partial charge in [0.05, 0.1) is 12.1 Å². The number of nitrogens with zero attached hydrogens (tertiary/aromatic N) is 2. The van der Waals surface area contributed by atoms with Crippen LogP contribution in [0.1, 0.15) is 30.0 Å². The summed E-state index contributed by atoms with van der Waals surface area (Å²) in [6.45, 7) is 0. The number of amides is 1. The zero-order valence-corrected chi connectivity index (χ0v) is 13.2. The predicted octanol–water partition coefficient (Wildman–Crippen LogP) is 0.636. The SMILES string of the molecule is O=C(Cc1ccc(-n2c(=O)[nH][nH]c2=O)cc1)Nc1cc(C2CC2)[nH]n1. The second-order valence-corrected chi connectivity index (χ2v) is 6.07. The van der Waals surface area contributed by atoms with Crippen LogP contribution in [0, 0.1) is 0 Å². The van der Waals surface area contributed by atoms with E-state index in [9.17, 15) is 14.4 Å². The van der Waals surface area contributed by atoms with Crippen LogP contribution in [-0.2, 0) is 11.2 Å². The molecule has 2 heterocycles. The Morgan fingerprint density at radius 3 is 2.48 bits per heavy atom. The topological polar surface area (TPSA) is 128 Å². The first kappa shape index (κ1) is 15.2. The van der Waals surface area contributed by atoms with Crippen molar-refractivity contribution in [3.05, 3.63) is 62.6 Å². The molecule has 9 nitrogen and oxygen atoms in total. The minimum absolute atomic E-state index is 0.171. The summed E-state index contributed by atoms with van der Waals surface area (Å²) in [7, 11) is 0. The zero-order chi connectivity index (χ0) is 17.4. The fraction of sp³-hybridized carbons (Fsp3) is 0.250. The standard InChI is InChI=1S/C16H16N6O3/c23-14(17-13-8-12(18-19-13)10-3-4-10)7-9-1-5-11(6-2-9)22-15(24)20-21-16(22)25/h1-2,5-6,8,10H,3-4,7H2,(H,20,24)(H,21,25)(H2,17,18,19,23). The molecule has 1 aromatic carbocycles. The van der Waals surface area contributed by atoms with Crippen LogP contribution >= 0.6 is 0 Å². The number of benzene rings is 1. The second kappa shape index (κ2) is 5.93. The maximum absolute atomic E-state index is 12.1. The fourth-order valence-corrected chi connectivity index (χ4v) is 2.68. The van der Waals surface area contributed by atoms with E-state index in [1.165, 1.54) is 0 Å². The van der Waals surface area contributed by atoms with Gasteiger partial charge in [0.2, 0.25) is 5.91 Å². The van der Waals surface area contributed by atoms with Gasteiger partial charge in [-0.05, 0) is 30.5 Å². The number of nitrogens with one attached hydrogen (secondary N) is 4. The van der Waals surface area contributed by atoms with E-state index in [0.29, 0.717) is 17.4 Å². The summed E-state index contributed by atoms with van der Waals surface area (Å²) in [5, 5.41) is 14.2. The molecule has 4 N–H and O–H groups in total. The summed E-state index contributed by atoms with van der Waals surface area (Å²) in [4.78, 5) is 35.2. The zero-order valence-electron chi connectivity index (χ0n) is 13.2. The summed E-state index contributed by atoms with van der Waals surface area (Å²) in [6, 6.07) is 8.50. The molecule has 0 bridgehead atoms. The van der Waals surface area contributed by atoms with Crippen LogP contribution in [0.25, 0.3) is 5.69 Å². The number of anilines is 1. The molecule has 0 radical (unpaired) electrons. The highest BCUT2D eigenvalue weighted by atomic mass is 16.2. The van der Waals surface area contributed by atoms with Crippen molar-refractivity contribution in [2.24, 2.45) is 0 Å². The van der Waals surface area contributed by atoms with Crippen LogP contribution in [-0.4, -0.2) is 30.9 Å².